The van der Waals surface area contributed by atoms with Gasteiger partial charge in [-0.2, -0.15) is 5.10 Å². The van der Waals surface area contributed by atoms with Crippen LogP contribution in [0.15, 0.2) is 36.7 Å². The summed E-state index contributed by atoms with van der Waals surface area (Å²) in [5.74, 6) is -0.0595. The fourth-order valence-electron chi connectivity index (χ4n) is 1.49. The van der Waals surface area contributed by atoms with Crippen molar-refractivity contribution in [2.45, 2.75) is 13.3 Å². The second-order valence-electron chi connectivity index (χ2n) is 3.92. The molecule has 98 valence electrons. The third-order valence-electron chi connectivity index (χ3n) is 2.43. The van der Waals surface area contributed by atoms with Crippen molar-refractivity contribution >= 4 is 17.5 Å². The summed E-state index contributed by atoms with van der Waals surface area (Å²) in [5.41, 5.74) is 1.55. The fraction of sp³-hybridized carbons (Fsp3) is 0.231. The molecule has 0 saturated heterocycles. The normalized spacial score (nSPS) is 9.95. The molecular weight excluding hydrogens is 242 g/mol. The number of carbonyl (C=O) groups is 1. The first-order valence-electron chi connectivity index (χ1n) is 6.08. The SMILES string of the molecule is CCCNc1ccc(C(=O)Nc2nccnn2)cc1. The molecule has 0 aliphatic carbocycles. The zero-order chi connectivity index (χ0) is 13.5. The minimum Gasteiger partial charge on any atom is -0.385 e. The van der Waals surface area contributed by atoms with Gasteiger partial charge in [-0.3, -0.25) is 10.1 Å². The lowest BCUT2D eigenvalue weighted by Crippen LogP contribution is -2.14. The van der Waals surface area contributed by atoms with E-state index in [9.17, 15) is 4.79 Å². The van der Waals surface area contributed by atoms with Crippen molar-refractivity contribution < 1.29 is 4.79 Å². The molecule has 1 heterocycles. The zero-order valence-corrected chi connectivity index (χ0v) is 10.6. The number of hydrogen-bond acceptors (Lipinski definition) is 5. The topological polar surface area (TPSA) is 79.8 Å². The van der Waals surface area contributed by atoms with Crippen molar-refractivity contribution in [2.24, 2.45) is 0 Å². The number of hydrogen-bond donors (Lipinski definition) is 2. The molecule has 6 heteroatoms. The van der Waals surface area contributed by atoms with Crippen LogP contribution in [0, 0.1) is 0 Å². The molecule has 0 spiro atoms. The van der Waals surface area contributed by atoms with E-state index in [4.69, 9.17) is 0 Å². The quantitative estimate of drug-likeness (QED) is 0.855. The van der Waals surface area contributed by atoms with Crippen LogP contribution in [0.2, 0.25) is 0 Å². The van der Waals surface area contributed by atoms with Crippen LogP contribution >= 0.6 is 0 Å². The zero-order valence-electron chi connectivity index (χ0n) is 10.6. The molecule has 0 atom stereocenters. The van der Waals surface area contributed by atoms with Crippen LogP contribution < -0.4 is 10.6 Å². The predicted octanol–water partition coefficient (Wildman–Crippen LogP) is 1.95. The Balaban J connectivity index is 1.99. The molecule has 2 rings (SSSR count). The Morgan fingerprint density at radius 1 is 1.21 bits per heavy atom. The molecule has 0 aliphatic rings. The Morgan fingerprint density at radius 2 is 2.00 bits per heavy atom. The number of amides is 1. The molecule has 0 radical (unpaired) electrons. The van der Waals surface area contributed by atoms with Crippen LogP contribution in [0.1, 0.15) is 23.7 Å². The van der Waals surface area contributed by atoms with Crippen molar-refractivity contribution in [3.05, 3.63) is 42.2 Å². The van der Waals surface area contributed by atoms with E-state index in [2.05, 4.69) is 32.7 Å². The average Bonchev–Trinajstić information content (AvgIpc) is 2.46. The average molecular weight is 257 g/mol. The monoisotopic (exact) mass is 257 g/mol. The van der Waals surface area contributed by atoms with Gasteiger partial charge in [-0.1, -0.05) is 6.92 Å². The minimum absolute atomic E-state index is 0.195. The smallest absolute Gasteiger partial charge is 0.258 e. The number of nitrogens with zero attached hydrogens (tertiary/aromatic N) is 3. The van der Waals surface area contributed by atoms with E-state index in [-0.39, 0.29) is 11.9 Å². The van der Waals surface area contributed by atoms with Gasteiger partial charge in [-0.15, -0.1) is 5.10 Å². The molecule has 2 aromatic rings. The Hall–Kier alpha value is -2.50. The van der Waals surface area contributed by atoms with Gasteiger partial charge >= 0.3 is 0 Å². The molecule has 2 N–H and O–H groups in total. The Bertz CT molecular complexity index is 526. The van der Waals surface area contributed by atoms with Gasteiger partial charge in [0.05, 0.1) is 12.4 Å². The van der Waals surface area contributed by atoms with Crippen LogP contribution in [0.4, 0.5) is 11.6 Å². The second kappa shape index (κ2) is 6.44. The maximum Gasteiger partial charge on any atom is 0.258 e. The third-order valence-corrected chi connectivity index (χ3v) is 2.43. The van der Waals surface area contributed by atoms with Crippen LogP contribution in [0.25, 0.3) is 0 Å². The molecule has 0 bridgehead atoms. The van der Waals surface area contributed by atoms with E-state index in [1.54, 1.807) is 12.1 Å². The second-order valence-corrected chi connectivity index (χ2v) is 3.92. The van der Waals surface area contributed by atoms with Crippen LogP contribution in [-0.2, 0) is 0 Å². The van der Waals surface area contributed by atoms with Crippen molar-refractivity contribution in [3.8, 4) is 0 Å². The van der Waals surface area contributed by atoms with E-state index in [1.807, 2.05) is 12.1 Å². The lowest BCUT2D eigenvalue weighted by Gasteiger charge is -2.06. The van der Waals surface area contributed by atoms with Gasteiger partial charge < -0.3 is 5.32 Å². The summed E-state index contributed by atoms with van der Waals surface area (Å²) >= 11 is 0. The molecule has 0 fully saturated rings. The summed E-state index contributed by atoms with van der Waals surface area (Å²) < 4.78 is 0. The molecule has 0 aliphatic heterocycles. The van der Waals surface area contributed by atoms with Crippen LogP contribution in [0.3, 0.4) is 0 Å². The lowest BCUT2D eigenvalue weighted by atomic mass is 10.2. The summed E-state index contributed by atoms with van der Waals surface area (Å²) in [5, 5.41) is 13.2. The molecule has 6 nitrogen and oxygen atoms in total. The molecule has 0 saturated carbocycles. The molecule has 1 amide bonds. The number of carbonyl (C=O) groups excluding carboxylic acids is 1. The Labute approximate surface area is 111 Å². The summed E-state index contributed by atoms with van der Waals surface area (Å²) in [6, 6.07) is 7.25. The van der Waals surface area contributed by atoms with Crippen LogP contribution in [-0.4, -0.2) is 27.6 Å². The maximum atomic E-state index is 11.9. The highest BCUT2D eigenvalue weighted by Gasteiger charge is 2.07. The number of rotatable bonds is 5. The van der Waals surface area contributed by atoms with Crippen molar-refractivity contribution in [1.29, 1.82) is 0 Å². The van der Waals surface area contributed by atoms with E-state index in [0.29, 0.717) is 5.56 Å². The van der Waals surface area contributed by atoms with Gasteiger partial charge in [0, 0.05) is 17.8 Å². The largest absolute Gasteiger partial charge is 0.385 e. The summed E-state index contributed by atoms with van der Waals surface area (Å²) in [7, 11) is 0. The van der Waals surface area contributed by atoms with E-state index in [1.165, 1.54) is 12.4 Å². The number of nitrogens with one attached hydrogen (secondary N) is 2. The summed E-state index contributed by atoms with van der Waals surface area (Å²) in [6.45, 7) is 3.01. The first kappa shape index (κ1) is 12.9. The third kappa shape index (κ3) is 3.74. The minimum atomic E-state index is -0.255. The van der Waals surface area contributed by atoms with Crippen molar-refractivity contribution in [2.75, 3.05) is 17.2 Å². The molecule has 19 heavy (non-hydrogen) atoms. The number of anilines is 2. The van der Waals surface area contributed by atoms with E-state index in [0.717, 1.165) is 18.7 Å². The standard InChI is InChI=1S/C13H15N5O/c1-2-7-14-11-5-3-10(4-6-11)12(19)17-13-15-8-9-16-18-13/h3-6,8-9,14H,2,7H2,1H3,(H,15,17,18,19). The first-order valence-corrected chi connectivity index (χ1v) is 6.08. The summed E-state index contributed by atoms with van der Waals surface area (Å²) in [6.07, 6.45) is 3.98. The van der Waals surface area contributed by atoms with Crippen molar-refractivity contribution in [1.82, 2.24) is 15.2 Å². The van der Waals surface area contributed by atoms with Gasteiger partial charge in [0.1, 0.15) is 0 Å². The fourth-order valence-corrected chi connectivity index (χ4v) is 1.49. The molecule has 1 aromatic carbocycles. The molecule has 1 aromatic heterocycles. The van der Waals surface area contributed by atoms with Crippen molar-refractivity contribution in [3.63, 3.8) is 0 Å². The Morgan fingerprint density at radius 3 is 2.63 bits per heavy atom. The summed E-state index contributed by atoms with van der Waals surface area (Å²) in [4.78, 5) is 15.8. The number of aromatic nitrogens is 3. The maximum absolute atomic E-state index is 11.9. The highest BCUT2D eigenvalue weighted by atomic mass is 16.1. The van der Waals surface area contributed by atoms with Gasteiger partial charge in [0.25, 0.3) is 5.91 Å². The van der Waals surface area contributed by atoms with Gasteiger partial charge in [-0.25, -0.2) is 4.98 Å². The molecular formula is C13H15N5O. The first-order chi connectivity index (χ1) is 9.29. The van der Waals surface area contributed by atoms with E-state index >= 15 is 0 Å². The predicted molar refractivity (Wildman–Crippen MR) is 73.0 cm³/mol. The van der Waals surface area contributed by atoms with Gasteiger partial charge in [-0.05, 0) is 30.7 Å². The highest BCUT2D eigenvalue weighted by molar-refractivity contribution is 6.03. The Kier molecular flexibility index (Phi) is 4.39. The highest BCUT2D eigenvalue weighted by Crippen LogP contribution is 2.10. The van der Waals surface area contributed by atoms with E-state index < -0.39 is 0 Å². The van der Waals surface area contributed by atoms with Gasteiger partial charge in [0.2, 0.25) is 5.95 Å². The van der Waals surface area contributed by atoms with Gasteiger partial charge in [0.15, 0.2) is 0 Å². The molecule has 0 unspecified atom stereocenters. The lowest BCUT2D eigenvalue weighted by molar-refractivity contribution is 0.102. The number of benzene rings is 1. The van der Waals surface area contributed by atoms with Crippen LogP contribution in [0.5, 0.6) is 0 Å².